The molecule has 0 aromatic rings. The van der Waals surface area contributed by atoms with Crippen LogP contribution in [0.3, 0.4) is 0 Å². The summed E-state index contributed by atoms with van der Waals surface area (Å²) in [6.45, 7) is 0. The third kappa shape index (κ3) is 2.54. The Morgan fingerprint density at radius 1 is 1.17 bits per heavy atom. The molecule has 0 radical (unpaired) electrons. The average molecular weight is 235 g/mol. The van der Waals surface area contributed by atoms with Gasteiger partial charge in [0.25, 0.3) is 0 Å². The molecule has 4 heteroatoms. The van der Waals surface area contributed by atoms with Gasteiger partial charge >= 0.3 is 0 Å². The zero-order valence-electron chi connectivity index (χ0n) is 3.14. The Morgan fingerprint density at radius 3 is 1.83 bits per heavy atom. The van der Waals surface area contributed by atoms with Gasteiger partial charge in [-0.1, -0.05) is 21.6 Å². The quantitative estimate of drug-likeness (QED) is 0.505. The van der Waals surface area contributed by atoms with Crippen molar-refractivity contribution in [2.24, 2.45) is 0 Å². The summed E-state index contributed by atoms with van der Waals surface area (Å²) in [4.78, 5) is 0. The number of hydrogen-bond acceptors (Lipinski definition) is 3. The van der Waals surface area contributed by atoms with Gasteiger partial charge in [0.1, 0.15) is 0 Å². The minimum absolute atomic E-state index is 0. The van der Waals surface area contributed by atoms with E-state index in [1.54, 1.807) is 0 Å². The van der Waals surface area contributed by atoms with Crippen LogP contribution in [0.1, 0.15) is 0 Å². The van der Waals surface area contributed by atoms with Crippen molar-refractivity contribution in [1.82, 2.24) is 5.32 Å². The normalized spacial score (nSPS) is 20.0. The molecule has 0 aromatic carbocycles. The predicted octanol–water partition coefficient (Wildman–Crippen LogP) is 1.50. The van der Waals surface area contributed by atoms with Crippen LogP contribution in [0.15, 0.2) is 0 Å². The third-order valence-corrected chi connectivity index (χ3v) is 2.42. The number of nitrogens with one attached hydrogen (secondary N) is 1. The highest BCUT2D eigenvalue weighted by atomic mass is 127. The van der Waals surface area contributed by atoms with Gasteiger partial charge in [-0.05, 0) is 0 Å². The molecule has 0 amide bonds. The molecule has 0 unspecified atom stereocenters. The van der Waals surface area contributed by atoms with E-state index in [9.17, 15) is 0 Å². The van der Waals surface area contributed by atoms with Crippen LogP contribution in [0.25, 0.3) is 0 Å². The molecule has 1 heterocycles. The summed E-state index contributed by atoms with van der Waals surface area (Å²) >= 11 is 0. The fourth-order valence-electron chi connectivity index (χ4n) is 0.208. The van der Waals surface area contributed by atoms with Gasteiger partial charge in [0.2, 0.25) is 0 Å². The smallest absolute Gasteiger partial charge is 0.0530 e. The molecule has 0 bridgehead atoms. The lowest BCUT2D eigenvalue weighted by molar-refractivity contribution is 0.966. The molecule has 0 saturated carbocycles. The molecule has 0 aromatic heterocycles. The fourth-order valence-corrected chi connectivity index (χ4v) is 1.87. The van der Waals surface area contributed by atoms with Gasteiger partial charge in [0, 0.05) is 0 Å². The van der Waals surface area contributed by atoms with Gasteiger partial charge < -0.3 is 0 Å². The molecule has 0 aliphatic carbocycles. The zero-order valence-corrected chi connectivity index (χ0v) is 7.10. The van der Waals surface area contributed by atoms with Gasteiger partial charge in [0.05, 0.1) is 11.8 Å². The second-order valence-corrected chi connectivity index (χ2v) is 3.24. The van der Waals surface area contributed by atoms with Crippen molar-refractivity contribution in [2.75, 3.05) is 11.8 Å². The lowest BCUT2D eigenvalue weighted by atomic mass is 11.2. The molecular weight excluding hydrogens is 229 g/mol. The van der Waals surface area contributed by atoms with Crippen LogP contribution in [0, 0.1) is 0 Å². The fraction of sp³-hybridized carbons (Fsp3) is 1.00. The minimum Gasteiger partial charge on any atom is -0.297 e. The summed E-state index contributed by atoms with van der Waals surface area (Å²) in [5.74, 6) is 2.26. The van der Waals surface area contributed by atoms with E-state index in [0.717, 1.165) is 11.8 Å². The third-order valence-electron chi connectivity index (χ3n) is 0.405. The lowest BCUT2D eigenvalue weighted by Gasteiger charge is -1.72. The Kier molecular flexibility index (Phi) is 5.60. The molecule has 1 fully saturated rings. The maximum absolute atomic E-state index is 3.15. The Balaban J connectivity index is 0.000000250. The van der Waals surface area contributed by atoms with Crippen LogP contribution < -0.4 is 5.32 Å². The Bertz CT molecular complexity index is 23.1. The summed E-state index contributed by atoms with van der Waals surface area (Å²) < 4.78 is 0. The molecule has 38 valence electrons. The topological polar surface area (TPSA) is 12.0 Å². The van der Waals surface area contributed by atoms with Crippen LogP contribution in [0.5, 0.6) is 0 Å². The Hall–Kier alpha value is 1.39. The van der Waals surface area contributed by atoms with Crippen molar-refractivity contribution in [1.29, 1.82) is 0 Å². The summed E-state index contributed by atoms with van der Waals surface area (Å²) in [6, 6.07) is 0. The van der Waals surface area contributed by atoms with Crippen molar-refractivity contribution in [3.63, 3.8) is 0 Å². The van der Waals surface area contributed by atoms with Gasteiger partial charge in [-0.2, -0.15) is 0 Å². The first-order valence-corrected chi connectivity index (χ1v) is 3.94. The van der Waals surface area contributed by atoms with Crippen LogP contribution in [-0.4, -0.2) is 11.8 Å². The van der Waals surface area contributed by atoms with Gasteiger partial charge in [0.15, 0.2) is 0 Å². The van der Waals surface area contributed by atoms with Crippen LogP contribution in [0.2, 0.25) is 0 Å². The van der Waals surface area contributed by atoms with E-state index < -0.39 is 0 Å². The summed E-state index contributed by atoms with van der Waals surface area (Å²) in [5, 5.41) is 3.15. The van der Waals surface area contributed by atoms with Crippen molar-refractivity contribution < 1.29 is 0 Å². The molecule has 1 aliphatic rings. The van der Waals surface area contributed by atoms with E-state index in [4.69, 9.17) is 0 Å². The minimum atomic E-state index is 0. The Labute approximate surface area is 62.4 Å². The lowest BCUT2D eigenvalue weighted by Crippen LogP contribution is -2.01. The highest BCUT2D eigenvalue weighted by molar-refractivity contribution is 14.0. The molecule has 0 atom stereocenters. The zero-order chi connectivity index (χ0) is 3.54. The second-order valence-electron chi connectivity index (χ2n) is 0.774. The van der Waals surface area contributed by atoms with Crippen molar-refractivity contribution in [3.8, 4) is 0 Å². The first kappa shape index (κ1) is 7.39. The maximum atomic E-state index is 3.15. The first-order chi connectivity index (χ1) is 2.50. The molecule has 1 saturated heterocycles. The van der Waals surface area contributed by atoms with Gasteiger partial charge in [-0.15, -0.1) is 24.0 Å². The molecule has 0 spiro atoms. The molecule has 1 nitrogen and oxygen atoms in total. The van der Waals surface area contributed by atoms with Crippen molar-refractivity contribution in [3.05, 3.63) is 0 Å². The van der Waals surface area contributed by atoms with Crippen molar-refractivity contribution in [2.45, 2.75) is 0 Å². The van der Waals surface area contributed by atoms with E-state index in [0.29, 0.717) is 0 Å². The van der Waals surface area contributed by atoms with Gasteiger partial charge in [-0.3, -0.25) is 5.32 Å². The predicted molar refractivity (Wildman–Crippen MR) is 43.5 cm³/mol. The molecular formula is C2H6INS2. The van der Waals surface area contributed by atoms with E-state index in [1.807, 2.05) is 21.6 Å². The molecule has 6 heavy (non-hydrogen) atoms. The number of rotatable bonds is 0. The van der Waals surface area contributed by atoms with E-state index in [2.05, 4.69) is 5.32 Å². The monoisotopic (exact) mass is 235 g/mol. The maximum Gasteiger partial charge on any atom is 0.0530 e. The van der Waals surface area contributed by atoms with Crippen LogP contribution in [0.4, 0.5) is 0 Å². The molecule has 1 aliphatic heterocycles. The van der Waals surface area contributed by atoms with Gasteiger partial charge in [-0.25, -0.2) is 0 Å². The summed E-state index contributed by atoms with van der Waals surface area (Å²) in [6.07, 6.45) is 0. The largest absolute Gasteiger partial charge is 0.297 e. The highest BCUT2D eigenvalue weighted by Gasteiger charge is 1.94. The van der Waals surface area contributed by atoms with E-state index in [1.165, 1.54) is 0 Å². The second kappa shape index (κ2) is 4.55. The average Bonchev–Trinajstić information content (AvgIpc) is 1.76. The van der Waals surface area contributed by atoms with E-state index in [-0.39, 0.29) is 24.0 Å². The van der Waals surface area contributed by atoms with E-state index >= 15 is 0 Å². The number of hydrogen-bond donors (Lipinski definition) is 1. The Morgan fingerprint density at radius 2 is 1.67 bits per heavy atom. The first-order valence-electron chi connectivity index (χ1n) is 1.45. The number of halogens is 1. The standard InChI is InChI=1S/C2H5NS2.HI/c1-3-2-5-4-1;/h3H,1-2H2;1H. The molecule has 1 N–H and O–H groups in total. The highest BCUT2D eigenvalue weighted by Crippen LogP contribution is 2.22. The SMILES string of the molecule is C1NCSS1.I. The summed E-state index contributed by atoms with van der Waals surface area (Å²) in [7, 11) is 3.76. The van der Waals surface area contributed by atoms with Crippen LogP contribution >= 0.6 is 45.6 Å². The summed E-state index contributed by atoms with van der Waals surface area (Å²) in [5.41, 5.74) is 0. The van der Waals surface area contributed by atoms with Crippen molar-refractivity contribution >= 4 is 45.6 Å². The van der Waals surface area contributed by atoms with Crippen LogP contribution in [-0.2, 0) is 0 Å². The molecule has 1 rings (SSSR count).